The number of carbonyl (C=O) groups excluding carboxylic acids is 1. The maximum absolute atomic E-state index is 14.6. The zero-order chi connectivity index (χ0) is 23.4. The van der Waals surface area contributed by atoms with Gasteiger partial charge in [-0.3, -0.25) is 9.36 Å². The number of carbonyl (C=O) groups is 1. The van der Waals surface area contributed by atoms with E-state index in [2.05, 4.69) is 21.6 Å². The minimum Gasteiger partial charge on any atom is -0.337 e. The predicted octanol–water partition coefficient (Wildman–Crippen LogP) is 5.21. The standard InChI is InChI=1S/C25H26FN5OS/c1-17-10-12-19(13-11-17)31-22(20-8-4-5-9-21(20)26)29-30-24(31)33-18(2)23(32)28-25(16-27)14-6-3-7-15-25/h4-5,8-13,18H,3,6-7,14-15H2,1-2H3,(H,28,32). The minimum absolute atomic E-state index is 0.214. The van der Waals surface area contributed by atoms with Gasteiger partial charge >= 0.3 is 0 Å². The summed E-state index contributed by atoms with van der Waals surface area (Å²) in [4.78, 5) is 13.0. The lowest BCUT2D eigenvalue weighted by Crippen LogP contribution is -2.50. The van der Waals surface area contributed by atoms with E-state index in [0.717, 1.165) is 30.5 Å². The lowest BCUT2D eigenvalue weighted by molar-refractivity contribution is -0.121. The first-order valence-corrected chi connectivity index (χ1v) is 12.0. The van der Waals surface area contributed by atoms with Crippen molar-refractivity contribution >= 4 is 17.7 Å². The second kappa shape index (κ2) is 9.75. The Balaban J connectivity index is 1.65. The Morgan fingerprint density at radius 3 is 2.52 bits per heavy atom. The Labute approximate surface area is 197 Å². The zero-order valence-corrected chi connectivity index (χ0v) is 19.5. The summed E-state index contributed by atoms with van der Waals surface area (Å²) in [6.07, 6.45) is 4.29. The van der Waals surface area contributed by atoms with E-state index in [-0.39, 0.29) is 5.91 Å². The number of benzene rings is 2. The van der Waals surface area contributed by atoms with Gasteiger partial charge in [-0.15, -0.1) is 10.2 Å². The van der Waals surface area contributed by atoms with Gasteiger partial charge in [0.15, 0.2) is 11.0 Å². The second-order valence-corrected chi connectivity index (χ2v) is 9.77. The van der Waals surface area contributed by atoms with Gasteiger partial charge in [-0.05, 0) is 51.0 Å². The van der Waals surface area contributed by atoms with Crippen LogP contribution in [0, 0.1) is 24.1 Å². The van der Waals surface area contributed by atoms with Crippen molar-refractivity contribution in [2.24, 2.45) is 0 Å². The van der Waals surface area contributed by atoms with Crippen LogP contribution in [-0.2, 0) is 4.79 Å². The highest BCUT2D eigenvalue weighted by Crippen LogP contribution is 2.33. The van der Waals surface area contributed by atoms with E-state index in [1.54, 1.807) is 29.7 Å². The third-order valence-corrected chi connectivity index (χ3v) is 7.02. The number of halogens is 1. The highest BCUT2D eigenvalue weighted by atomic mass is 32.2. The average Bonchev–Trinajstić information content (AvgIpc) is 3.23. The summed E-state index contributed by atoms with van der Waals surface area (Å²) in [5.74, 6) is -0.240. The van der Waals surface area contributed by atoms with Crippen molar-refractivity contribution in [1.82, 2.24) is 20.1 Å². The lowest BCUT2D eigenvalue weighted by Gasteiger charge is -2.32. The fourth-order valence-corrected chi connectivity index (χ4v) is 4.93. The van der Waals surface area contributed by atoms with Crippen molar-refractivity contribution in [2.45, 2.75) is 61.9 Å². The smallest absolute Gasteiger partial charge is 0.234 e. The SMILES string of the molecule is Cc1ccc(-n2c(SC(C)C(=O)NC3(C#N)CCCCC3)nnc2-c2ccccc2F)cc1. The molecule has 2 aromatic carbocycles. The molecule has 0 bridgehead atoms. The molecule has 170 valence electrons. The van der Waals surface area contributed by atoms with Crippen LogP contribution >= 0.6 is 11.8 Å². The Bertz CT molecular complexity index is 1180. The monoisotopic (exact) mass is 463 g/mol. The van der Waals surface area contributed by atoms with E-state index < -0.39 is 16.6 Å². The highest BCUT2D eigenvalue weighted by Gasteiger charge is 2.35. The first kappa shape index (κ1) is 23.0. The van der Waals surface area contributed by atoms with Crippen LogP contribution in [0.25, 0.3) is 17.1 Å². The van der Waals surface area contributed by atoms with Crippen molar-refractivity contribution in [3.8, 4) is 23.1 Å². The normalized spacial score (nSPS) is 16.1. The van der Waals surface area contributed by atoms with Gasteiger partial charge < -0.3 is 5.32 Å². The fraction of sp³-hybridized carbons (Fsp3) is 0.360. The second-order valence-electron chi connectivity index (χ2n) is 8.46. The Morgan fingerprint density at radius 2 is 1.85 bits per heavy atom. The predicted molar refractivity (Wildman–Crippen MR) is 126 cm³/mol. The van der Waals surface area contributed by atoms with Crippen LogP contribution in [0.4, 0.5) is 4.39 Å². The molecule has 3 aromatic rings. The molecule has 1 atom stereocenters. The number of hydrogen-bond acceptors (Lipinski definition) is 5. The van der Waals surface area contributed by atoms with Gasteiger partial charge in [0, 0.05) is 5.69 Å². The summed E-state index contributed by atoms with van der Waals surface area (Å²) in [7, 11) is 0. The van der Waals surface area contributed by atoms with Crippen LogP contribution in [0.3, 0.4) is 0 Å². The number of hydrogen-bond donors (Lipinski definition) is 1. The number of rotatable bonds is 6. The molecule has 8 heteroatoms. The first-order chi connectivity index (χ1) is 15.9. The fourth-order valence-electron chi connectivity index (χ4n) is 4.06. The van der Waals surface area contributed by atoms with Crippen LogP contribution < -0.4 is 5.32 Å². The van der Waals surface area contributed by atoms with Crippen LogP contribution in [0.1, 0.15) is 44.6 Å². The average molecular weight is 464 g/mol. The Morgan fingerprint density at radius 1 is 1.15 bits per heavy atom. The molecule has 1 amide bonds. The number of aromatic nitrogens is 3. The van der Waals surface area contributed by atoms with Crippen molar-refractivity contribution in [3.05, 3.63) is 59.9 Å². The largest absolute Gasteiger partial charge is 0.337 e. The van der Waals surface area contributed by atoms with Gasteiger partial charge in [-0.1, -0.05) is 60.9 Å². The van der Waals surface area contributed by atoms with Crippen molar-refractivity contribution in [3.63, 3.8) is 0 Å². The molecule has 1 fully saturated rings. The Hall–Kier alpha value is -3.18. The zero-order valence-electron chi connectivity index (χ0n) is 18.7. The molecule has 0 radical (unpaired) electrons. The quantitative estimate of drug-likeness (QED) is 0.508. The van der Waals surface area contributed by atoms with E-state index in [9.17, 15) is 14.4 Å². The number of nitriles is 1. The lowest BCUT2D eigenvalue weighted by atomic mass is 9.83. The van der Waals surface area contributed by atoms with Crippen molar-refractivity contribution in [2.75, 3.05) is 0 Å². The molecule has 33 heavy (non-hydrogen) atoms. The van der Waals surface area contributed by atoms with Crippen LogP contribution in [0.5, 0.6) is 0 Å². The van der Waals surface area contributed by atoms with Gasteiger partial charge in [0.2, 0.25) is 5.91 Å². The maximum Gasteiger partial charge on any atom is 0.234 e. The summed E-state index contributed by atoms with van der Waals surface area (Å²) in [6, 6.07) is 16.5. The van der Waals surface area contributed by atoms with Crippen molar-refractivity contribution < 1.29 is 9.18 Å². The van der Waals surface area contributed by atoms with E-state index in [0.29, 0.717) is 29.4 Å². The van der Waals surface area contributed by atoms with Gasteiger partial charge in [-0.25, -0.2) is 4.39 Å². The number of thioether (sulfide) groups is 1. The summed E-state index contributed by atoms with van der Waals surface area (Å²) in [5, 5.41) is 21.2. The molecule has 1 unspecified atom stereocenters. The molecular formula is C25H26FN5OS. The summed E-state index contributed by atoms with van der Waals surface area (Å²) in [5.41, 5.74) is 1.41. The number of nitrogens with zero attached hydrogens (tertiary/aromatic N) is 4. The maximum atomic E-state index is 14.6. The first-order valence-electron chi connectivity index (χ1n) is 11.1. The summed E-state index contributed by atoms with van der Waals surface area (Å²) < 4.78 is 16.4. The molecule has 0 spiro atoms. The molecule has 1 aliphatic rings. The van der Waals surface area contributed by atoms with Crippen molar-refractivity contribution in [1.29, 1.82) is 5.26 Å². The molecule has 4 rings (SSSR count). The number of nitrogens with one attached hydrogen (secondary N) is 1. The molecule has 6 nitrogen and oxygen atoms in total. The van der Waals surface area contributed by atoms with E-state index >= 15 is 0 Å². The van der Waals surface area contributed by atoms with Gasteiger partial charge in [0.1, 0.15) is 11.4 Å². The summed E-state index contributed by atoms with van der Waals surface area (Å²) in [6.45, 7) is 3.77. The molecule has 1 heterocycles. The molecule has 0 saturated heterocycles. The number of aryl methyl sites for hydroxylation is 1. The molecule has 1 aromatic heterocycles. The minimum atomic E-state index is -0.799. The third kappa shape index (κ3) is 4.93. The third-order valence-electron chi connectivity index (χ3n) is 5.98. The van der Waals surface area contributed by atoms with E-state index in [1.165, 1.54) is 17.8 Å². The molecule has 0 aliphatic heterocycles. The highest BCUT2D eigenvalue weighted by molar-refractivity contribution is 8.00. The van der Waals surface area contributed by atoms with Gasteiger partial charge in [0.25, 0.3) is 0 Å². The number of amides is 1. The van der Waals surface area contributed by atoms with E-state index in [4.69, 9.17) is 0 Å². The molecule has 1 saturated carbocycles. The van der Waals surface area contributed by atoms with Crippen LogP contribution in [0.2, 0.25) is 0 Å². The van der Waals surface area contributed by atoms with Gasteiger partial charge in [-0.2, -0.15) is 5.26 Å². The van der Waals surface area contributed by atoms with Crippen LogP contribution in [0.15, 0.2) is 53.7 Å². The Kier molecular flexibility index (Phi) is 6.80. The summed E-state index contributed by atoms with van der Waals surface area (Å²) >= 11 is 1.24. The van der Waals surface area contributed by atoms with Gasteiger partial charge in [0.05, 0.1) is 16.9 Å². The van der Waals surface area contributed by atoms with Crippen LogP contribution in [-0.4, -0.2) is 31.5 Å². The molecular weight excluding hydrogens is 437 g/mol. The molecule has 1 aliphatic carbocycles. The topological polar surface area (TPSA) is 83.6 Å². The molecule has 1 N–H and O–H groups in total. The van der Waals surface area contributed by atoms with E-state index in [1.807, 2.05) is 31.2 Å².